The Bertz CT molecular complexity index is 920. The molecule has 0 atom stereocenters. The zero-order valence-electron chi connectivity index (χ0n) is 18.3. The van der Waals surface area contributed by atoms with Gasteiger partial charge < -0.3 is 15.0 Å². The van der Waals surface area contributed by atoms with Crippen LogP contribution in [0.1, 0.15) is 34.3 Å². The minimum Gasteiger partial charge on any atom is -0.379 e. The Morgan fingerprint density at radius 2 is 1.59 bits per heavy atom. The number of hydrogen-bond donors (Lipinski definition) is 1. The van der Waals surface area contributed by atoms with Crippen LogP contribution in [-0.4, -0.2) is 61.0 Å². The summed E-state index contributed by atoms with van der Waals surface area (Å²) in [6, 6.07) is 15.2. The van der Waals surface area contributed by atoms with Gasteiger partial charge in [0.15, 0.2) is 0 Å². The van der Waals surface area contributed by atoms with Gasteiger partial charge in [0.2, 0.25) is 5.91 Å². The summed E-state index contributed by atoms with van der Waals surface area (Å²) in [5.74, 6) is 0.0120. The third kappa shape index (κ3) is 5.88. The SMILES string of the molecule is O=C(NCc1ccccc1CN1CCOCC1)C1CCN(C(=O)c2ccc(Cl)cc2)CC1. The van der Waals surface area contributed by atoms with E-state index in [-0.39, 0.29) is 17.7 Å². The molecule has 170 valence electrons. The van der Waals surface area contributed by atoms with Crippen molar-refractivity contribution in [3.63, 3.8) is 0 Å². The number of piperidine rings is 1. The second-order valence-corrected chi connectivity index (χ2v) is 8.88. The number of rotatable bonds is 6. The Hall–Kier alpha value is -2.41. The first kappa shape index (κ1) is 22.8. The van der Waals surface area contributed by atoms with Crippen LogP contribution < -0.4 is 5.32 Å². The van der Waals surface area contributed by atoms with E-state index in [1.807, 2.05) is 11.0 Å². The largest absolute Gasteiger partial charge is 0.379 e. The van der Waals surface area contributed by atoms with Crippen LogP contribution in [0.4, 0.5) is 0 Å². The molecule has 0 spiro atoms. The zero-order chi connectivity index (χ0) is 22.3. The Morgan fingerprint density at radius 1 is 0.938 bits per heavy atom. The van der Waals surface area contributed by atoms with E-state index in [4.69, 9.17) is 16.3 Å². The Labute approximate surface area is 194 Å². The van der Waals surface area contributed by atoms with Gasteiger partial charge in [-0.3, -0.25) is 14.5 Å². The minimum absolute atomic E-state index is 0.00225. The van der Waals surface area contributed by atoms with Crippen LogP contribution in [0.2, 0.25) is 5.02 Å². The van der Waals surface area contributed by atoms with Gasteiger partial charge in [0.05, 0.1) is 13.2 Å². The predicted molar refractivity (Wildman–Crippen MR) is 124 cm³/mol. The van der Waals surface area contributed by atoms with Crippen molar-refractivity contribution in [3.05, 3.63) is 70.2 Å². The van der Waals surface area contributed by atoms with E-state index >= 15 is 0 Å². The molecule has 0 unspecified atom stereocenters. The average molecular weight is 456 g/mol. The summed E-state index contributed by atoms with van der Waals surface area (Å²) in [4.78, 5) is 29.7. The molecule has 32 heavy (non-hydrogen) atoms. The van der Waals surface area contributed by atoms with Crippen molar-refractivity contribution in [2.45, 2.75) is 25.9 Å². The second kappa shape index (κ2) is 10.9. The molecular formula is C25H30ClN3O3. The molecular weight excluding hydrogens is 426 g/mol. The molecule has 0 aliphatic carbocycles. The standard InChI is InChI=1S/C25H30ClN3O3/c26-23-7-5-20(6-8-23)25(31)29-11-9-19(10-12-29)24(30)27-17-21-3-1-2-4-22(21)18-28-13-15-32-16-14-28/h1-8,19H,9-18H2,(H,27,30). The van der Waals surface area contributed by atoms with Gasteiger partial charge in [-0.2, -0.15) is 0 Å². The third-order valence-corrected chi connectivity index (χ3v) is 6.57. The van der Waals surface area contributed by atoms with Gasteiger partial charge in [-0.05, 0) is 48.2 Å². The molecule has 1 N–H and O–H groups in total. The average Bonchev–Trinajstić information content (AvgIpc) is 2.84. The van der Waals surface area contributed by atoms with E-state index < -0.39 is 0 Å². The summed E-state index contributed by atoms with van der Waals surface area (Å²) in [7, 11) is 0. The quantitative estimate of drug-likeness (QED) is 0.725. The van der Waals surface area contributed by atoms with Gasteiger partial charge in [-0.1, -0.05) is 35.9 Å². The van der Waals surface area contributed by atoms with Crippen LogP contribution in [0.25, 0.3) is 0 Å². The molecule has 0 bridgehead atoms. The smallest absolute Gasteiger partial charge is 0.253 e. The maximum atomic E-state index is 12.8. The number of nitrogens with zero attached hydrogens (tertiary/aromatic N) is 2. The highest BCUT2D eigenvalue weighted by molar-refractivity contribution is 6.30. The fraction of sp³-hybridized carbons (Fsp3) is 0.440. The molecule has 6 nitrogen and oxygen atoms in total. The first-order valence-corrected chi connectivity index (χ1v) is 11.7. The number of hydrogen-bond acceptors (Lipinski definition) is 4. The monoisotopic (exact) mass is 455 g/mol. The number of halogens is 1. The molecule has 0 aromatic heterocycles. The normalized spacial score (nSPS) is 17.8. The lowest BCUT2D eigenvalue weighted by Crippen LogP contribution is -2.43. The molecule has 4 rings (SSSR count). The molecule has 2 aliphatic heterocycles. The maximum absolute atomic E-state index is 12.8. The lowest BCUT2D eigenvalue weighted by Gasteiger charge is -2.31. The topological polar surface area (TPSA) is 61.9 Å². The first-order valence-electron chi connectivity index (χ1n) is 11.3. The summed E-state index contributed by atoms with van der Waals surface area (Å²) in [6.07, 6.45) is 1.36. The van der Waals surface area contributed by atoms with Gasteiger partial charge in [-0.15, -0.1) is 0 Å². The van der Waals surface area contributed by atoms with Gasteiger partial charge in [0.25, 0.3) is 5.91 Å². The Morgan fingerprint density at radius 3 is 2.28 bits per heavy atom. The molecule has 0 radical (unpaired) electrons. The zero-order valence-corrected chi connectivity index (χ0v) is 19.0. The van der Waals surface area contributed by atoms with Crippen LogP contribution in [0, 0.1) is 5.92 Å². The number of likely N-dealkylation sites (tertiary alicyclic amines) is 1. The fourth-order valence-electron chi connectivity index (χ4n) is 4.33. The van der Waals surface area contributed by atoms with E-state index in [1.165, 1.54) is 5.56 Å². The second-order valence-electron chi connectivity index (χ2n) is 8.45. The van der Waals surface area contributed by atoms with E-state index in [9.17, 15) is 9.59 Å². The molecule has 7 heteroatoms. The summed E-state index contributed by atoms with van der Waals surface area (Å²) in [6.45, 7) is 6.02. The molecule has 2 fully saturated rings. The maximum Gasteiger partial charge on any atom is 0.253 e. The highest BCUT2D eigenvalue weighted by Gasteiger charge is 2.27. The van der Waals surface area contributed by atoms with E-state index in [0.717, 1.165) is 38.4 Å². The molecule has 0 saturated carbocycles. The van der Waals surface area contributed by atoms with Crippen molar-refractivity contribution in [2.75, 3.05) is 39.4 Å². The molecule has 2 heterocycles. The minimum atomic E-state index is -0.0596. The fourth-order valence-corrected chi connectivity index (χ4v) is 4.46. The molecule has 2 aromatic rings. The number of nitrogens with one attached hydrogen (secondary N) is 1. The van der Waals surface area contributed by atoms with Crippen molar-refractivity contribution in [2.24, 2.45) is 5.92 Å². The first-order chi connectivity index (χ1) is 15.6. The van der Waals surface area contributed by atoms with Gasteiger partial charge >= 0.3 is 0 Å². The number of amides is 2. The van der Waals surface area contributed by atoms with Gasteiger partial charge in [0.1, 0.15) is 0 Å². The van der Waals surface area contributed by atoms with E-state index in [2.05, 4.69) is 28.4 Å². The van der Waals surface area contributed by atoms with Crippen molar-refractivity contribution < 1.29 is 14.3 Å². The number of ether oxygens (including phenoxy) is 1. The van der Waals surface area contributed by atoms with Crippen LogP contribution >= 0.6 is 11.6 Å². The van der Waals surface area contributed by atoms with Crippen LogP contribution in [0.5, 0.6) is 0 Å². The summed E-state index contributed by atoms with van der Waals surface area (Å²) >= 11 is 5.91. The van der Waals surface area contributed by atoms with Crippen molar-refractivity contribution >= 4 is 23.4 Å². The van der Waals surface area contributed by atoms with Crippen LogP contribution in [-0.2, 0) is 22.6 Å². The Kier molecular flexibility index (Phi) is 7.79. The van der Waals surface area contributed by atoms with Crippen molar-refractivity contribution in [1.29, 1.82) is 0 Å². The van der Waals surface area contributed by atoms with Crippen LogP contribution in [0.3, 0.4) is 0 Å². The van der Waals surface area contributed by atoms with Crippen molar-refractivity contribution in [1.82, 2.24) is 15.1 Å². The van der Waals surface area contributed by atoms with E-state index in [1.54, 1.807) is 24.3 Å². The molecule has 2 aliphatic rings. The lowest BCUT2D eigenvalue weighted by atomic mass is 9.95. The number of carbonyl (C=O) groups is 2. The number of morpholine rings is 1. The molecule has 2 amide bonds. The predicted octanol–water partition coefficient (Wildman–Crippen LogP) is 3.34. The third-order valence-electron chi connectivity index (χ3n) is 6.31. The summed E-state index contributed by atoms with van der Waals surface area (Å²) in [5.41, 5.74) is 3.04. The summed E-state index contributed by atoms with van der Waals surface area (Å²) < 4.78 is 5.44. The highest BCUT2D eigenvalue weighted by atomic mass is 35.5. The molecule has 2 aromatic carbocycles. The lowest BCUT2D eigenvalue weighted by molar-refractivity contribution is -0.126. The molecule has 2 saturated heterocycles. The van der Waals surface area contributed by atoms with E-state index in [0.29, 0.717) is 43.1 Å². The number of benzene rings is 2. The Balaban J connectivity index is 1.26. The number of carbonyl (C=O) groups excluding carboxylic acids is 2. The van der Waals surface area contributed by atoms with Gasteiger partial charge in [-0.25, -0.2) is 0 Å². The van der Waals surface area contributed by atoms with Crippen molar-refractivity contribution in [3.8, 4) is 0 Å². The van der Waals surface area contributed by atoms with Crippen LogP contribution in [0.15, 0.2) is 48.5 Å². The summed E-state index contributed by atoms with van der Waals surface area (Å²) in [5, 5.41) is 3.74. The van der Waals surface area contributed by atoms with Gasteiger partial charge in [0, 0.05) is 55.8 Å². The highest BCUT2D eigenvalue weighted by Crippen LogP contribution is 2.21.